The number of imide groups is 1. The van der Waals surface area contributed by atoms with E-state index < -0.39 is 0 Å². The lowest BCUT2D eigenvalue weighted by Gasteiger charge is -2.37. The van der Waals surface area contributed by atoms with Gasteiger partial charge in [-0.25, -0.2) is 0 Å². The molecule has 0 spiro atoms. The molecule has 2 bridgehead atoms. The molecule has 2 fully saturated rings. The number of hydrogen-bond donors (Lipinski definition) is 0. The van der Waals surface area contributed by atoms with Crippen molar-refractivity contribution >= 4 is 28.8 Å². The van der Waals surface area contributed by atoms with Crippen molar-refractivity contribution in [3.63, 3.8) is 0 Å². The summed E-state index contributed by atoms with van der Waals surface area (Å²) < 4.78 is 5.97. The van der Waals surface area contributed by atoms with Crippen LogP contribution in [-0.2, 0) is 9.59 Å². The van der Waals surface area contributed by atoms with Crippen LogP contribution in [-0.4, -0.2) is 29.1 Å². The molecule has 1 aliphatic heterocycles. The summed E-state index contributed by atoms with van der Waals surface area (Å²) in [7, 11) is 0. The predicted octanol–water partition coefficient (Wildman–Crippen LogP) is 4.16. The SMILES string of the molecule is CC(C)Oc1ccc2ccccc2c1/C=N/N1C(=O)C2C3C=CC(CC3)C2C1=O. The molecule has 4 atom stereocenters. The van der Waals surface area contributed by atoms with E-state index in [2.05, 4.69) is 17.3 Å². The Balaban J connectivity index is 1.53. The number of nitrogens with zero attached hydrogens (tertiary/aromatic N) is 2. The van der Waals surface area contributed by atoms with Crippen molar-refractivity contribution in [1.29, 1.82) is 0 Å². The number of hydrogen-bond acceptors (Lipinski definition) is 4. The second kappa shape index (κ2) is 6.83. The van der Waals surface area contributed by atoms with Crippen LogP contribution in [0.4, 0.5) is 0 Å². The Morgan fingerprint density at radius 3 is 2.28 bits per heavy atom. The van der Waals surface area contributed by atoms with Gasteiger partial charge in [-0.15, -0.1) is 0 Å². The van der Waals surface area contributed by atoms with E-state index in [1.165, 1.54) is 0 Å². The molecule has 1 saturated heterocycles. The van der Waals surface area contributed by atoms with Crippen molar-refractivity contribution < 1.29 is 14.3 Å². The fourth-order valence-electron chi connectivity index (χ4n) is 5.05. The molecular formula is C24H24N2O3. The van der Waals surface area contributed by atoms with E-state index in [9.17, 15) is 9.59 Å². The highest BCUT2D eigenvalue weighted by Crippen LogP contribution is 2.49. The number of carbonyl (C=O) groups excluding carboxylic acids is 2. The zero-order valence-corrected chi connectivity index (χ0v) is 16.6. The Labute approximate surface area is 170 Å². The monoisotopic (exact) mass is 388 g/mol. The fourth-order valence-corrected chi connectivity index (χ4v) is 5.05. The first-order valence-electron chi connectivity index (χ1n) is 10.3. The maximum atomic E-state index is 13.0. The van der Waals surface area contributed by atoms with Gasteiger partial charge in [0, 0.05) is 5.56 Å². The van der Waals surface area contributed by atoms with Gasteiger partial charge in [0.05, 0.1) is 24.2 Å². The normalized spacial score (nSPS) is 28.2. The van der Waals surface area contributed by atoms with Gasteiger partial charge in [0.2, 0.25) is 0 Å². The first-order chi connectivity index (χ1) is 14.0. The van der Waals surface area contributed by atoms with Crippen LogP contribution in [0.25, 0.3) is 10.8 Å². The molecule has 3 aliphatic carbocycles. The molecule has 148 valence electrons. The summed E-state index contributed by atoms with van der Waals surface area (Å²) in [6.45, 7) is 3.94. The number of carbonyl (C=O) groups is 2. The van der Waals surface area contributed by atoms with Crippen molar-refractivity contribution in [3.05, 3.63) is 54.1 Å². The van der Waals surface area contributed by atoms with Gasteiger partial charge in [0.1, 0.15) is 5.75 Å². The van der Waals surface area contributed by atoms with E-state index >= 15 is 0 Å². The third-order valence-corrected chi connectivity index (χ3v) is 6.33. The maximum absolute atomic E-state index is 13.0. The minimum atomic E-state index is -0.248. The van der Waals surface area contributed by atoms with E-state index in [0.717, 1.165) is 34.2 Å². The molecule has 2 amide bonds. The molecule has 0 N–H and O–H groups in total. The quantitative estimate of drug-likeness (QED) is 0.449. The van der Waals surface area contributed by atoms with Gasteiger partial charge in [0.15, 0.2) is 0 Å². The lowest BCUT2D eigenvalue weighted by molar-refractivity contribution is -0.140. The van der Waals surface area contributed by atoms with Crippen molar-refractivity contribution in [2.24, 2.45) is 28.8 Å². The molecule has 0 radical (unpaired) electrons. The van der Waals surface area contributed by atoms with Gasteiger partial charge in [0.25, 0.3) is 11.8 Å². The molecule has 0 aromatic heterocycles. The minimum absolute atomic E-state index is 0.00271. The topological polar surface area (TPSA) is 59.0 Å². The molecule has 4 aliphatic rings. The molecule has 6 rings (SSSR count). The van der Waals surface area contributed by atoms with Gasteiger partial charge in [-0.1, -0.05) is 42.5 Å². The van der Waals surface area contributed by atoms with E-state index in [1.54, 1.807) is 6.21 Å². The average Bonchev–Trinajstić information content (AvgIpc) is 3.00. The summed E-state index contributed by atoms with van der Waals surface area (Å²) in [5.74, 6) is 0.201. The third-order valence-electron chi connectivity index (χ3n) is 6.33. The Morgan fingerprint density at radius 2 is 1.66 bits per heavy atom. The average molecular weight is 388 g/mol. The fraction of sp³-hybridized carbons (Fsp3) is 0.375. The summed E-state index contributed by atoms with van der Waals surface area (Å²) >= 11 is 0. The summed E-state index contributed by atoms with van der Waals surface area (Å²) in [4.78, 5) is 26.0. The van der Waals surface area contributed by atoms with Gasteiger partial charge < -0.3 is 4.74 Å². The molecule has 1 saturated carbocycles. The summed E-state index contributed by atoms with van der Waals surface area (Å²) in [6.07, 6.45) is 7.81. The summed E-state index contributed by atoms with van der Waals surface area (Å²) in [5, 5.41) is 7.54. The van der Waals surface area contributed by atoms with Gasteiger partial charge in [-0.2, -0.15) is 10.1 Å². The predicted molar refractivity (Wildman–Crippen MR) is 111 cm³/mol. The highest BCUT2D eigenvalue weighted by atomic mass is 16.5. The molecule has 4 unspecified atom stereocenters. The van der Waals surface area contributed by atoms with E-state index in [-0.39, 0.29) is 41.6 Å². The third kappa shape index (κ3) is 2.87. The Kier molecular flexibility index (Phi) is 4.26. The van der Waals surface area contributed by atoms with E-state index in [1.807, 2.05) is 50.2 Å². The van der Waals surface area contributed by atoms with Crippen LogP contribution >= 0.6 is 0 Å². The molecule has 29 heavy (non-hydrogen) atoms. The Morgan fingerprint density at radius 1 is 1.00 bits per heavy atom. The highest BCUT2D eigenvalue weighted by molar-refractivity contribution is 6.08. The number of hydrazone groups is 1. The van der Waals surface area contributed by atoms with Crippen LogP contribution in [0.15, 0.2) is 53.7 Å². The van der Waals surface area contributed by atoms with Crippen molar-refractivity contribution in [2.45, 2.75) is 32.8 Å². The number of allylic oxidation sites excluding steroid dienone is 2. The van der Waals surface area contributed by atoms with E-state index in [4.69, 9.17) is 4.74 Å². The number of benzene rings is 2. The first-order valence-corrected chi connectivity index (χ1v) is 10.3. The summed E-state index contributed by atoms with van der Waals surface area (Å²) in [6, 6.07) is 11.9. The zero-order chi connectivity index (χ0) is 20.1. The Hall–Kier alpha value is -2.95. The lowest BCUT2D eigenvalue weighted by atomic mass is 9.63. The second-order valence-electron chi connectivity index (χ2n) is 8.44. The Bertz CT molecular complexity index is 1020. The van der Waals surface area contributed by atoms with Crippen LogP contribution in [0.2, 0.25) is 0 Å². The standard InChI is InChI=1S/C24H24N2O3/c1-14(2)29-20-12-11-15-5-3-4-6-18(15)19(20)13-25-26-23(27)21-16-7-8-17(10-9-16)22(21)24(26)28/h3-8,11-14,16-17,21-22H,9-10H2,1-2H3/b25-13+. The minimum Gasteiger partial charge on any atom is -0.490 e. The maximum Gasteiger partial charge on any atom is 0.254 e. The summed E-state index contributed by atoms with van der Waals surface area (Å²) in [5.41, 5.74) is 0.786. The van der Waals surface area contributed by atoms with Crippen LogP contribution in [0, 0.1) is 23.7 Å². The molecule has 5 heteroatoms. The molecule has 1 heterocycles. The van der Waals surface area contributed by atoms with Crippen LogP contribution < -0.4 is 4.74 Å². The van der Waals surface area contributed by atoms with Gasteiger partial charge >= 0.3 is 0 Å². The van der Waals surface area contributed by atoms with Crippen LogP contribution in [0.3, 0.4) is 0 Å². The molecule has 2 aromatic rings. The second-order valence-corrected chi connectivity index (χ2v) is 8.44. The first kappa shape index (κ1) is 18.1. The van der Waals surface area contributed by atoms with E-state index in [0.29, 0.717) is 5.75 Å². The van der Waals surface area contributed by atoms with Crippen LogP contribution in [0.1, 0.15) is 32.3 Å². The number of ether oxygens (including phenoxy) is 1. The molecule has 2 aromatic carbocycles. The van der Waals surface area contributed by atoms with Crippen molar-refractivity contribution in [3.8, 4) is 5.75 Å². The number of fused-ring (bicyclic) bond motifs is 2. The lowest BCUT2D eigenvalue weighted by Crippen LogP contribution is -2.38. The number of rotatable bonds is 4. The van der Waals surface area contributed by atoms with Gasteiger partial charge in [-0.05, 0) is 55.4 Å². The smallest absolute Gasteiger partial charge is 0.254 e. The number of amides is 2. The zero-order valence-electron chi connectivity index (χ0n) is 16.6. The van der Waals surface area contributed by atoms with Crippen molar-refractivity contribution in [1.82, 2.24) is 5.01 Å². The van der Waals surface area contributed by atoms with Gasteiger partial charge in [-0.3, -0.25) is 9.59 Å². The highest BCUT2D eigenvalue weighted by Gasteiger charge is 2.56. The molecule has 5 nitrogen and oxygen atoms in total. The van der Waals surface area contributed by atoms with Crippen molar-refractivity contribution in [2.75, 3.05) is 0 Å². The molecular weight excluding hydrogens is 364 g/mol. The van der Waals surface area contributed by atoms with Crippen LogP contribution in [0.5, 0.6) is 5.75 Å². The largest absolute Gasteiger partial charge is 0.490 e.